The highest BCUT2D eigenvalue weighted by Crippen LogP contribution is 2.30. The molecule has 2 aromatic heterocycles. The molecule has 2 fully saturated rings. The lowest BCUT2D eigenvalue weighted by molar-refractivity contribution is -0.142. The molecule has 482 valence electrons. The van der Waals surface area contributed by atoms with Crippen LogP contribution in [0.5, 0.6) is 0 Å². The van der Waals surface area contributed by atoms with Crippen molar-refractivity contribution in [2.24, 2.45) is 11.7 Å². The van der Waals surface area contributed by atoms with E-state index in [0.717, 1.165) is 12.5 Å². The molecule has 2 aliphatic rings. The van der Waals surface area contributed by atoms with Crippen LogP contribution in [0.15, 0.2) is 55.0 Å². The maximum atomic E-state index is 13.7. The number of primary amides is 1. The molecule has 4 unspecified atom stereocenters. The topological polar surface area (TPSA) is 353 Å². The number of ether oxygens (including phenoxy) is 5. The van der Waals surface area contributed by atoms with Crippen LogP contribution in [0.1, 0.15) is 71.3 Å². The van der Waals surface area contributed by atoms with Gasteiger partial charge in [0.15, 0.2) is 5.65 Å². The molecule has 9 amide bonds. The van der Waals surface area contributed by atoms with Crippen LogP contribution in [0, 0.1) is 17.2 Å². The monoisotopic (exact) mass is 1230 g/mol. The van der Waals surface area contributed by atoms with Crippen LogP contribution >= 0.6 is 0 Å². The number of anilines is 2. The fourth-order valence-electron chi connectivity index (χ4n) is 9.25. The van der Waals surface area contributed by atoms with E-state index in [9.17, 15) is 47.9 Å². The van der Waals surface area contributed by atoms with E-state index in [1.807, 2.05) is 18.0 Å². The van der Waals surface area contributed by atoms with E-state index < -0.39 is 60.7 Å². The van der Waals surface area contributed by atoms with Crippen LogP contribution < -0.4 is 26.6 Å². The van der Waals surface area contributed by atoms with Gasteiger partial charge in [0.1, 0.15) is 43.5 Å². The molecule has 0 bridgehead atoms. The minimum atomic E-state index is -1.34. The predicted octanol–water partition coefficient (Wildman–Crippen LogP) is 1.68. The molecule has 2 saturated heterocycles. The molecule has 5 rings (SSSR count). The van der Waals surface area contributed by atoms with Gasteiger partial charge in [-0.25, -0.2) is 19.6 Å². The zero-order valence-electron chi connectivity index (χ0n) is 51.5. The molecule has 3 aromatic rings. The number of benzene rings is 1. The first kappa shape index (κ1) is 71.9. The maximum absolute atomic E-state index is 13.7. The van der Waals surface area contributed by atoms with Gasteiger partial charge in [-0.3, -0.25) is 42.9 Å². The highest BCUT2D eigenvalue weighted by molar-refractivity contribution is 5.98. The van der Waals surface area contributed by atoms with Gasteiger partial charge in [0.25, 0.3) is 0 Å². The molecule has 29 heteroatoms. The number of aldehydes is 1. The average Bonchev–Trinajstić information content (AvgIpc) is 2.99. The summed E-state index contributed by atoms with van der Waals surface area (Å²) in [5, 5.41) is 17.5. The van der Waals surface area contributed by atoms with E-state index in [0.29, 0.717) is 86.9 Å². The van der Waals surface area contributed by atoms with Gasteiger partial charge < -0.3 is 74.8 Å². The zero-order valence-corrected chi connectivity index (χ0v) is 51.5. The van der Waals surface area contributed by atoms with Crippen molar-refractivity contribution in [3.63, 3.8) is 0 Å². The van der Waals surface area contributed by atoms with Crippen molar-refractivity contribution in [2.75, 3.05) is 137 Å². The summed E-state index contributed by atoms with van der Waals surface area (Å²) in [7, 11) is 6.63. The van der Waals surface area contributed by atoms with E-state index in [2.05, 4.69) is 46.7 Å². The van der Waals surface area contributed by atoms with Crippen molar-refractivity contribution in [1.82, 2.24) is 49.7 Å². The van der Waals surface area contributed by atoms with Crippen molar-refractivity contribution < 1.29 is 71.6 Å². The number of aromatic nitrogens is 3. The second-order valence-electron chi connectivity index (χ2n) is 21.0. The van der Waals surface area contributed by atoms with Gasteiger partial charge in [-0.2, -0.15) is 5.26 Å². The fraction of sp³-hybridized carbons (Fsp3) is 0.576. The van der Waals surface area contributed by atoms with Crippen molar-refractivity contribution in [2.45, 2.75) is 90.4 Å². The number of carbonyl (C=O) groups excluding carboxylic acids is 10. The quantitative estimate of drug-likeness (QED) is 0.0383. The number of nitrogens with one attached hydrogen (secondary N) is 3. The number of piperidine rings is 1. The first-order chi connectivity index (χ1) is 42.2. The lowest BCUT2D eigenvalue weighted by Crippen LogP contribution is -2.54. The normalized spacial score (nSPS) is 15.7. The van der Waals surface area contributed by atoms with Gasteiger partial charge in [-0.1, -0.05) is 39.3 Å². The molecule has 0 radical (unpaired) electrons. The number of allylic oxidation sites excluding steroid dienone is 1. The summed E-state index contributed by atoms with van der Waals surface area (Å²) in [5.41, 5.74) is 6.82. The molecule has 0 saturated carbocycles. The molecule has 29 nitrogen and oxygen atoms in total. The van der Waals surface area contributed by atoms with Gasteiger partial charge in [0.05, 0.1) is 83.3 Å². The third-order valence-electron chi connectivity index (χ3n) is 14.2. The fourth-order valence-corrected chi connectivity index (χ4v) is 9.25. The minimum Gasteiger partial charge on any atom is -0.445 e. The smallest absolute Gasteiger partial charge is 0.409 e. The van der Waals surface area contributed by atoms with Gasteiger partial charge in [-0.15, -0.1) is 0 Å². The molecular formula is C59H86N14O15. The minimum absolute atomic E-state index is 0.0106. The summed E-state index contributed by atoms with van der Waals surface area (Å²) in [6, 6.07) is 7.39. The number of nitriles is 1. The first-order valence-corrected chi connectivity index (χ1v) is 29.3. The number of likely N-dealkylation sites (N-methyl/N-ethyl adjacent to an activating group) is 4. The Balaban J connectivity index is 0.00000540. The third-order valence-corrected chi connectivity index (χ3v) is 14.2. The second-order valence-corrected chi connectivity index (χ2v) is 21.0. The molecule has 1 aromatic carbocycles. The summed E-state index contributed by atoms with van der Waals surface area (Å²) in [6.07, 6.45) is 7.10. The third kappa shape index (κ3) is 23.6. The number of nitrogens with two attached hydrogens (primary N) is 1. The van der Waals surface area contributed by atoms with E-state index in [4.69, 9.17) is 34.7 Å². The van der Waals surface area contributed by atoms with Crippen molar-refractivity contribution in [1.29, 1.82) is 5.26 Å². The standard InChI is InChI=1S/C56H78N14O15.C3H8/c1-39-15-20-68(50(76)14-18-57)36-45(39)67(5)51-42-16-21-70(52(42)61-38-60-51)55(79)65(3)22-23-66(4)56(80)85-37-40-10-12-41(13-11-40)62-48(74)35-59-53(77)44-8-6-19-69(44)54(78)43(34-46(58)72)63-47(73)17-26-81-28-30-83-32-33-84-31-29-82-27-24-64(2)49(75)9-7-25-71;1-3-2/h7,9-13,16,21,25,38-39,43-45H,6,8,14-15,17,19-20,22-24,26-37H2,1-5H3,(H2,58,72)(H,59,77)(H,62,74)(H,63,73);3H2,1-2H3/b9-7-;. The first-order valence-electron chi connectivity index (χ1n) is 29.3. The highest BCUT2D eigenvalue weighted by Gasteiger charge is 2.39. The summed E-state index contributed by atoms with van der Waals surface area (Å²) < 4.78 is 28.7. The Bertz CT molecular complexity index is 2860. The summed E-state index contributed by atoms with van der Waals surface area (Å²) in [6.45, 7) is 9.56. The number of hydrogen-bond donors (Lipinski definition) is 4. The summed E-state index contributed by atoms with van der Waals surface area (Å²) >= 11 is 0. The molecule has 4 heterocycles. The van der Waals surface area contributed by atoms with Crippen LogP contribution in [0.2, 0.25) is 0 Å². The second kappa shape index (κ2) is 38.5. The SMILES string of the molecule is CC1CCN(C(=O)CC#N)CC1N(C)c1ncnc2c1ccn2C(=O)N(C)CCN(C)C(=O)OCc1ccc(NC(=O)CNC(=O)C2CCCN2C(=O)C(CC(N)=O)NC(=O)CCOCCOCCOCCOCCN(C)C(=O)/C=C\C=O)cc1.CCC. The molecule has 2 aliphatic heterocycles. The molecule has 0 aliphatic carbocycles. The van der Waals surface area contributed by atoms with Crippen molar-refractivity contribution >= 4 is 82.3 Å². The molecule has 5 N–H and O–H groups in total. The number of hydrogen-bond acceptors (Lipinski definition) is 19. The lowest BCUT2D eigenvalue weighted by Gasteiger charge is -2.42. The van der Waals surface area contributed by atoms with E-state index >= 15 is 0 Å². The Morgan fingerprint density at radius 2 is 1.47 bits per heavy atom. The van der Waals surface area contributed by atoms with Crippen LogP contribution in [-0.2, 0) is 68.6 Å². The van der Waals surface area contributed by atoms with E-state index in [1.165, 1.54) is 43.0 Å². The largest absolute Gasteiger partial charge is 0.445 e. The Hall–Kier alpha value is -8.59. The average molecular weight is 1230 g/mol. The Morgan fingerprint density at radius 1 is 0.818 bits per heavy atom. The number of fused-ring (bicyclic) bond motifs is 1. The van der Waals surface area contributed by atoms with Crippen LogP contribution in [-0.4, -0.2) is 244 Å². The van der Waals surface area contributed by atoms with Crippen LogP contribution in [0.25, 0.3) is 11.0 Å². The van der Waals surface area contributed by atoms with Gasteiger partial charge in [-0.05, 0) is 55.0 Å². The van der Waals surface area contributed by atoms with Gasteiger partial charge in [0, 0.05) is 91.8 Å². The number of rotatable bonds is 33. The van der Waals surface area contributed by atoms with Gasteiger partial charge >= 0.3 is 12.1 Å². The van der Waals surface area contributed by atoms with Crippen molar-refractivity contribution in [3.05, 3.63) is 60.6 Å². The Morgan fingerprint density at radius 3 is 2.11 bits per heavy atom. The van der Waals surface area contributed by atoms with Crippen LogP contribution in [0.4, 0.5) is 21.1 Å². The summed E-state index contributed by atoms with van der Waals surface area (Å²) in [4.78, 5) is 144. The van der Waals surface area contributed by atoms with E-state index in [-0.39, 0.29) is 102 Å². The molecule has 88 heavy (non-hydrogen) atoms. The predicted molar refractivity (Wildman–Crippen MR) is 322 cm³/mol. The Labute approximate surface area is 513 Å². The zero-order chi connectivity index (χ0) is 64.5. The molecule has 4 atom stereocenters. The van der Waals surface area contributed by atoms with Gasteiger partial charge in [0.2, 0.25) is 41.4 Å². The molecule has 0 spiro atoms. The van der Waals surface area contributed by atoms with Crippen LogP contribution in [0.3, 0.4) is 0 Å². The highest BCUT2D eigenvalue weighted by atomic mass is 16.6. The van der Waals surface area contributed by atoms with Crippen molar-refractivity contribution in [3.8, 4) is 6.07 Å². The Kier molecular flexibility index (Phi) is 31.5. The number of nitrogens with zero attached hydrogens (tertiary/aromatic N) is 10. The maximum Gasteiger partial charge on any atom is 0.409 e. The number of amides is 9. The summed E-state index contributed by atoms with van der Waals surface area (Å²) in [5.74, 6) is -2.95. The number of likely N-dealkylation sites (tertiary alicyclic amines) is 2. The number of carbonyl (C=O) groups is 10. The van der Waals surface area contributed by atoms with E-state index in [1.54, 1.807) is 62.6 Å². The lowest BCUT2D eigenvalue weighted by atomic mass is 9.92. The molecular weight excluding hydrogens is 1140 g/mol.